The third kappa shape index (κ3) is 3.99. The second kappa shape index (κ2) is 5.86. The van der Waals surface area contributed by atoms with Crippen LogP contribution in [-0.4, -0.2) is 11.3 Å². The van der Waals surface area contributed by atoms with Crippen molar-refractivity contribution >= 4 is 38.5 Å². The largest absolute Gasteiger partial charge is 0.573 e. The molecule has 0 saturated carbocycles. The quantitative estimate of drug-likeness (QED) is 0.555. The van der Waals surface area contributed by atoms with Crippen molar-refractivity contribution < 1.29 is 17.9 Å². The number of halogens is 5. The zero-order chi connectivity index (χ0) is 13.1. The predicted molar refractivity (Wildman–Crippen MR) is 65.6 cm³/mol. The van der Waals surface area contributed by atoms with E-state index in [0.29, 0.717) is 5.56 Å². The highest BCUT2D eigenvalue weighted by Crippen LogP contribution is 2.33. The summed E-state index contributed by atoms with van der Waals surface area (Å²) in [6.07, 6.45) is -3.41. The van der Waals surface area contributed by atoms with Crippen LogP contribution in [0.5, 0.6) is 5.75 Å². The number of nitriles is 1. The summed E-state index contributed by atoms with van der Waals surface area (Å²) in [5.74, 6) is -0.345. The third-order valence-corrected chi connectivity index (χ3v) is 3.45. The van der Waals surface area contributed by atoms with E-state index >= 15 is 0 Å². The van der Waals surface area contributed by atoms with Crippen molar-refractivity contribution in [2.24, 2.45) is 0 Å². The molecule has 1 aromatic rings. The Morgan fingerprint density at radius 1 is 1.53 bits per heavy atom. The van der Waals surface area contributed by atoms with Gasteiger partial charge in [0, 0.05) is 17.1 Å². The number of rotatable bonds is 3. The lowest BCUT2D eigenvalue weighted by Crippen LogP contribution is -2.19. The Kier molecular flexibility index (Phi) is 5.00. The fourth-order valence-electron chi connectivity index (χ4n) is 1.07. The third-order valence-electron chi connectivity index (χ3n) is 1.73. The summed E-state index contributed by atoms with van der Waals surface area (Å²) in [4.78, 5) is 3.83. The molecule has 0 atom stereocenters. The van der Waals surface area contributed by atoms with Crippen LogP contribution in [0.4, 0.5) is 13.2 Å². The Hall–Kier alpha value is -0.560. The average Bonchev–Trinajstić information content (AvgIpc) is 2.23. The molecule has 0 unspecified atom stereocenters. The predicted octanol–water partition coefficient (Wildman–Crippen LogP) is 3.55. The van der Waals surface area contributed by atoms with Gasteiger partial charge in [0.1, 0.15) is 0 Å². The van der Waals surface area contributed by atoms with Crippen LogP contribution < -0.4 is 4.74 Å². The lowest BCUT2D eigenvalue weighted by molar-refractivity contribution is -0.275. The van der Waals surface area contributed by atoms with E-state index in [0.717, 1.165) is 0 Å². The minimum Gasteiger partial charge on any atom is -0.403 e. The number of pyridine rings is 1. The molecule has 0 N–H and O–H groups in total. The summed E-state index contributed by atoms with van der Waals surface area (Å²) in [5, 5.41) is 8.68. The maximum Gasteiger partial charge on any atom is 0.573 e. The molecule has 1 aromatic heterocycles. The topological polar surface area (TPSA) is 45.9 Å². The van der Waals surface area contributed by atoms with Crippen molar-refractivity contribution in [3.05, 3.63) is 21.0 Å². The van der Waals surface area contributed by atoms with E-state index in [1.807, 2.05) is 6.07 Å². The molecule has 0 amide bonds. The van der Waals surface area contributed by atoms with Crippen LogP contribution in [0.3, 0.4) is 0 Å². The lowest BCUT2D eigenvalue weighted by atomic mass is 10.2. The highest BCUT2D eigenvalue weighted by atomic mass is 127. The highest BCUT2D eigenvalue weighted by molar-refractivity contribution is 14.1. The van der Waals surface area contributed by atoms with Crippen molar-refractivity contribution in [3.63, 3.8) is 0 Å². The van der Waals surface area contributed by atoms with Gasteiger partial charge >= 0.3 is 6.36 Å². The normalized spacial score (nSPS) is 11.1. The summed E-state index contributed by atoms with van der Waals surface area (Å²) in [6.45, 7) is 0. The zero-order valence-corrected chi connectivity index (χ0v) is 11.9. The number of ether oxygens (including phenoxy) is 1. The van der Waals surface area contributed by atoms with Crippen LogP contribution in [0, 0.1) is 14.9 Å². The molecular formula is C9H5BrF3IN2O. The Balaban J connectivity index is 3.23. The van der Waals surface area contributed by atoms with Crippen LogP contribution in [0.1, 0.15) is 11.3 Å². The van der Waals surface area contributed by atoms with Gasteiger partial charge in [-0.2, -0.15) is 5.26 Å². The Morgan fingerprint density at radius 3 is 2.65 bits per heavy atom. The molecule has 0 radical (unpaired) electrons. The lowest BCUT2D eigenvalue weighted by Gasteiger charge is -2.14. The smallest absolute Gasteiger partial charge is 0.403 e. The molecule has 0 aromatic carbocycles. The molecule has 3 nitrogen and oxygen atoms in total. The fourth-order valence-corrected chi connectivity index (χ4v) is 2.22. The molecule has 0 bridgehead atoms. The maximum absolute atomic E-state index is 12.2. The summed E-state index contributed by atoms with van der Waals surface area (Å²) in [7, 11) is 0. The molecule has 0 aliphatic heterocycles. The van der Waals surface area contributed by atoms with Crippen molar-refractivity contribution in [1.29, 1.82) is 5.26 Å². The first-order valence-electron chi connectivity index (χ1n) is 4.24. The van der Waals surface area contributed by atoms with Gasteiger partial charge in [0.05, 0.1) is 21.8 Å². The molecule has 0 fully saturated rings. The van der Waals surface area contributed by atoms with Crippen LogP contribution >= 0.6 is 38.5 Å². The molecule has 1 rings (SSSR count). The van der Waals surface area contributed by atoms with E-state index in [9.17, 15) is 13.2 Å². The fraction of sp³-hybridized carbons (Fsp3) is 0.333. The van der Waals surface area contributed by atoms with Gasteiger partial charge in [0.25, 0.3) is 0 Å². The van der Waals surface area contributed by atoms with Gasteiger partial charge < -0.3 is 4.74 Å². The molecule has 0 saturated heterocycles. The summed E-state index contributed by atoms with van der Waals surface area (Å²) in [5.41, 5.74) is 0.561. The SMILES string of the molecule is N#CCc1cnc(CBr)c(OC(F)(F)F)c1I. The Labute approximate surface area is 117 Å². The van der Waals surface area contributed by atoms with Crippen LogP contribution in [0.15, 0.2) is 6.20 Å². The summed E-state index contributed by atoms with van der Waals surface area (Å²) in [6, 6.07) is 1.86. The van der Waals surface area contributed by atoms with E-state index in [2.05, 4.69) is 25.7 Å². The van der Waals surface area contributed by atoms with Crippen LogP contribution in [0.2, 0.25) is 0 Å². The van der Waals surface area contributed by atoms with E-state index in [4.69, 9.17) is 5.26 Å². The van der Waals surface area contributed by atoms with Crippen LogP contribution in [-0.2, 0) is 11.8 Å². The molecule has 8 heteroatoms. The molecule has 0 spiro atoms. The van der Waals surface area contributed by atoms with Gasteiger partial charge in [-0.1, -0.05) is 15.9 Å². The molecule has 0 aliphatic rings. The van der Waals surface area contributed by atoms with E-state index in [-0.39, 0.29) is 26.8 Å². The van der Waals surface area contributed by atoms with Gasteiger partial charge in [0.2, 0.25) is 0 Å². The molecule has 92 valence electrons. The molecule has 0 aliphatic carbocycles. The van der Waals surface area contributed by atoms with Gasteiger partial charge in [-0.25, -0.2) is 0 Å². The van der Waals surface area contributed by atoms with E-state index in [1.54, 1.807) is 22.6 Å². The molecular weight excluding hydrogens is 416 g/mol. The zero-order valence-electron chi connectivity index (χ0n) is 8.18. The number of hydrogen-bond donors (Lipinski definition) is 0. The Bertz CT molecular complexity index is 459. The maximum atomic E-state index is 12.2. The first-order valence-corrected chi connectivity index (χ1v) is 6.44. The standard InChI is InChI=1S/C9H5BrF3IN2O/c10-3-6-8(17-9(11,12)13)7(14)5(1-2-15)4-16-6/h4H,1,3H2. The summed E-state index contributed by atoms with van der Waals surface area (Å²) >= 11 is 4.75. The number of hydrogen-bond acceptors (Lipinski definition) is 3. The van der Waals surface area contributed by atoms with Gasteiger partial charge in [-0.3, -0.25) is 4.98 Å². The van der Waals surface area contributed by atoms with E-state index < -0.39 is 6.36 Å². The van der Waals surface area contributed by atoms with Crippen molar-refractivity contribution in [1.82, 2.24) is 4.98 Å². The minimum absolute atomic E-state index is 0.0118. The average molecular weight is 421 g/mol. The Morgan fingerprint density at radius 2 is 2.18 bits per heavy atom. The second-order valence-corrected chi connectivity index (χ2v) is 4.53. The minimum atomic E-state index is -4.77. The number of alkyl halides is 4. The van der Waals surface area contributed by atoms with Crippen LogP contribution in [0.25, 0.3) is 0 Å². The van der Waals surface area contributed by atoms with Crippen molar-refractivity contribution in [2.75, 3.05) is 0 Å². The highest BCUT2D eigenvalue weighted by Gasteiger charge is 2.33. The van der Waals surface area contributed by atoms with Crippen molar-refractivity contribution in [2.45, 2.75) is 18.1 Å². The van der Waals surface area contributed by atoms with Gasteiger partial charge in [0.15, 0.2) is 5.75 Å². The number of aromatic nitrogens is 1. The van der Waals surface area contributed by atoms with Gasteiger partial charge in [-0.05, 0) is 22.6 Å². The van der Waals surface area contributed by atoms with Crippen molar-refractivity contribution in [3.8, 4) is 11.8 Å². The van der Waals surface area contributed by atoms with Gasteiger partial charge in [-0.15, -0.1) is 13.2 Å². The number of nitrogens with zero attached hydrogens (tertiary/aromatic N) is 2. The molecule has 17 heavy (non-hydrogen) atoms. The first-order chi connectivity index (χ1) is 7.89. The summed E-state index contributed by atoms with van der Waals surface area (Å²) < 4.78 is 40.9. The molecule has 1 heterocycles. The second-order valence-electron chi connectivity index (χ2n) is 2.89. The monoisotopic (exact) mass is 420 g/mol. The first kappa shape index (κ1) is 14.5. The van der Waals surface area contributed by atoms with E-state index in [1.165, 1.54) is 6.20 Å².